The van der Waals surface area contributed by atoms with E-state index < -0.39 is 33.7 Å². The van der Waals surface area contributed by atoms with Crippen LogP contribution in [0, 0.1) is 0 Å². The van der Waals surface area contributed by atoms with Crippen molar-refractivity contribution in [2.24, 2.45) is 0 Å². The molecule has 0 rings (SSSR count). The topological polar surface area (TPSA) is 127 Å². The monoisotopic (exact) mass is 256 g/mol. The molecule has 0 saturated heterocycles. The lowest BCUT2D eigenvalue weighted by molar-refractivity contribution is -0.234. The van der Waals surface area contributed by atoms with Crippen LogP contribution < -0.4 is 0 Å². The molecule has 0 aromatic carbocycles. The molecule has 2 N–H and O–H groups in total. The van der Waals surface area contributed by atoms with Gasteiger partial charge >= 0.3 is 11.9 Å². The van der Waals surface area contributed by atoms with E-state index in [0.717, 1.165) is 0 Å². The van der Waals surface area contributed by atoms with E-state index in [1.54, 1.807) is 6.92 Å². The van der Waals surface area contributed by atoms with E-state index in [1.165, 1.54) is 0 Å². The smallest absolute Gasteiger partial charge is 0.344 e. The summed E-state index contributed by atoms with van der Waals surface area (Å²) in [4.78, 5) is 24.9. The molecule has 0 spiro atoms. The van der Waals surface area contributed by atoms with Crippen LogP contribution in [0.1, 0.15) is 19.8 Å². The summed E-state index contributed by atoms with van der Waals surface area (Å²) in [6.45, 7) is 1.64. The third-order valence-electron chi connectivity index (χ3n) is 1.52. The van der Waals surface area contributed by atoms with Gasteiger partial charge in [0.25, 0.3) is 10.1 Å². The van der Waals surface area contributed by atoms with E-state index in [1.807, 2.05) is 0 Å². The van der Waals surface area contributed by atoms with E-state index in [2.05, 4.69) is 9.62 Å². The molecule has 0 amide bonds. The van der Waals surface area contributed by atoms with Crippen molar-refractivity contribution in [3.05, 3.63) is 0 Å². The Balaban J connectivity index is 4.69. The van der Waals surface area contributed by atoms with E-state index in [-0.39, 0.29) is 6.61 Å². The summed E-state index contributed by atoms with van der Waals surface area (Å²) in [6, 6.07) is 0. The molecule has 9 heteroatoms. The fourth-order valence-corrected chi connectivity index (χ4v) is 1.45. The molecule has 94 valence electrons. The molecule has 0 bridgehead atoms. The highest BCUT2D eigenvalue weighted by atomic mass is 32.2. The summed E-state index contributed by atoms with van der Waals surface area (Å²) in [5.74, 6) is -2.63. The molecule has 0 aliphatic rings. The lowest BCUT2D eigenvalue weighted by atomic mass is 10.3. The van der Waals surface area contributed by atoms with Crippen LogP contribution in [0.15, 0.2) is 0 Å². The van der Waals surface area contributed by atoms with Crippen LogP contribution in [0.2, 0.25) is 0 Å². The van der Waals surface area contributed by atoms with Crippen molar-refractivity contribution in [1.82, 2.24) is 0 Å². The first-order chi connectivity index (χ1) is 7.32. The molecule has 0 aliphatic carbocycles. The molecule has 16 heavy (non-hydrogen) atoms. The zero-order valence-electron chi connectivity index (χ0n) is 8.45. The van der Waals surface area contributed by atoms with Crippen molar-refractivity contribution in [3.8, 4) is 0 Å². The first-order valence-corrected chi connectivity index (χ1v) is 5.80. The highest BCUT2D eigenvalue weighted by molar-refractivity contribution is 7.87. The molecule has 1 atom stereocenters. The first kappa shape index (κ1) is 14.8. The minimum atomic E-state index is -4.79. The van der Waals surface area contributed by atoms with Crippen LogP contribution >= 0.6 is 0 Å². The molecule has 0 aromatic rings. The predicted molar refractivity (Wildman–Crippen MR) is 49.9 cm³/mol. The fourth-order valence-electron chi connectivity index (χ4n) is 0.794. The molecular formula is C7H12O8S. The Bertz CT molecular complexity index is 345. The summed E-state index contributed by atoms with van der Waals surface area (Å²) in [6.07, 6.45) is -0.563. The molecule has 1 unspecified atom stereocenters. The van der Waals surface area contributed by atoms with Crippen molar-refractivity contribution < 1.29 is 37.4 Å². The van der Waals surface area contributed by atoms with Crippen LogP contribution in [0.3, 0.4) is 0 Å². The van der Waals surface area contributed by atoms with E-state index >= 15 is 0 Å². The van der Waals surface area contributed by atoms with E-state index in [0.29, 0.717) is 6.42 Å². The van der Waals surface area contributed by atoms with Crippen LogP contribution in [0.4, 0.5) is 0 Å². The van der Waals surface area contributed by atoms with Gasteiger partial charge in [-0.05, 0) is 6.42 Å². The number of rotatable bonds is 6. The summed E-state index contributed by atoms with van der Waals surface area (Å²) in [5.41, 5.74) is 0. The number of hydrogen-bond acceptors (Lipinski definition) is 7. The van der Waals surface area contributed by atoms with Gasteiger partial charge in [0.1, 0.15) is 0 Å². The van der Waals surface area contributed by atoms with Gasteiger partial charge in [-0.3, -0.25) is 9.35 Å². The second kappa shape index (κ2) is 6.40. The molecule has 0 aliphatic heterocycles. The lowest BCUT2D eigenvalue weighted by Crippen LogP contribution is -2.34. The standard InChI is InChI=1S/C7H12O8S/c1-2-3-14-7(9)5(16(11,12)13)4-6(8)15-10/h5,10H,2-4H2,1H3,(H,11,12,13). The number of esters is 1. The maximum atomic E-state index is 11.1. The Labute approximate surface area is 91.8 Å². The highest BCUT2D eigenvalue weighted by Gasteiger charge is 2.35. The Morgan fingerprint density at radius 2 is 1.94 bits per heavy atom. The van der Waals surface area contributed by atoms with Gasteiger partial charge in [-0.2, -0.15) is 13.7 Å². The molecule has 0 saturated carbocycles. The number of carbonyl (C=O) groups excluding carboxylic acids is 2. The van der Waals surface area contributed by atoms with E-state index in [4.69, 9.17) is 9.81 Å². The van der Waals surface area contributed by atoms with Gasteiger partial charge in [0.2, 0.25) is 0 Å². The molecule has 8 nitrogen and oxygen atoms in total. The fraction of sp³-hybridized carbons (Fsp3) is 0.714. The second-order valence-corrected chi connectivity index (χ2v) is 4.44. The Hall–Kier alpha value is -1.19. The Kier molecular flexibility index (Phi) is 5.93. The molecule has 0 fully saturated rings. The van der Waals surface area contributed by atoms with Crippen LogP contribution in [0.5, 0.6) is 0 Å². The summed E-state index contributed by atoms with van der Waals surface area (Å²) < 4.78 is 34.6. The summed E-state index contributed by atoms with van der Waals surface area (Å²) >= 11 is 0. The zero-order valence-corrected chi connectivity index (χ0v) is 9.27. The normalized spacial score (nSPS) is 12.9. The van der Waals surface area contributed by atoms with Gasteiger partial charge in [0.05, 0.1) is 13.0 Å². The van der Waals surface area contributed by atoms with Gasteiger partial charge < -0.3 is 9.62 Å². The van der Waals surface area contributed by atoms with Crippen LogP contribution in [-0.2, 0) is 29.3 Å². The number of carbonyl (C=O) groups is 2. The average molecular weight is 256 g/mol. The quantitative estimate of drug-likeness (QED) is 0.284. The van der Waals surface area contributed by atoms with Crippen LogP contribution in [0.25, 0.3) is 0 Å². The molecular weight excluding hydrogens is 244 g/mol. The maximum Gasteiger partial charge on any atom is 0.344 e. The largest absolute Gasteiger partial charge is 0.465 e. The minimum Gasteiger partial charge on any atom is -0.465 e. The van der Waals surface area contributed by atoms with Crippen molar-refractivity contribution in [3.63, 3.8) is 0 Å². The third-order valence-corrected chi connectivity index (χ3v) is 2.60. The third kappa shape index (κ3) is 5.05. The van der Waals surface area contributed by atoms with Crippen molar-refractivity contribution in [1.29, 1.82) is 0 Å². The molecule has 0 aromatic heterocycles. The lowest BCUT2D eigenvalue weighted by Gasteiger charge is -2.10. The van der Waals surface area contributed by atoms with Gasteiger partial charge in [0.15, 0.2) is 5.25 Å². The average Bonchev–Trinajstić information content (AvgIpc) is 2.20. The zero-order chi connectivity index (χ0) is 12.8. The summed E-state index contributed by atoms with van der Waals surface area (Å²) in [7, 11) is -4.79. The summed E-state index contributed by atoms with van der Waals surface area (Å²) in [5, 5.41) is 5.84. The Morgan fingerprint density at radius 1 is 1.38 bits per heavy atom. The van der Waals surface area contributed by atoms with Crippen LogP contribution in [-0.4, -0.2) is 42.0 Å². The van der Waals surface area contributed by atoms with E-state index in [9.17, 15) is 18.0 Å². The molecule has 0 heterocycles. The second-order valence-electron chi connectivity index (χ2n) is 2.84. The van der Waals surface area contributed by atoms with Gasteiger partial charge in [-0.25, -0.2) is 4.79 Å². The van der Waals surface area contributed by atoms with Gasteiger partial charge in [0, 0.05) is 0 Å². The number of ether oxygens (including phenoxy) is 1. The van der Waals surface area contributed by atoms with Crippen molar-refractivity contribution in [2.75, 3.05) is 6.61 Å². The first-order valence-electron chi connectivity index (χ1n) is 4.30. The SMILES string of the molecule is CCCOC(=O)C(CC(=O)OO)S(=O)(=O)O. The van der Waals surface area contributed by atoms with Gasteiger partial charge in [-0.1, -0.05) is 6.92 Å². The number of hydrogen-bond donors (Lipinski definition) is 2. The highest BCUT2D eigenvalue weighted by Crippen LogP contribution is 2.08. The molecule has 0 radical (unpaired) electrons. The minimum absolute atomic E-state index is 0.0426. The van der Waals surface area contributed by atoms with Gasteiger partial charge in [-0.15, -0.1) is 0 Å². The Morgan fingerprint density at radius 3 is 2.31 bits per heavy atom. The van der Waals surface area contributed by atoms with Crippen molar-refractivity contribution in [2.45, 2.75) is 25.0 Å². The maximum absolute atomic E-state index is 11.1. The van der Waals surface area contributed by atoms with Crippen molar-refractivity contribution >= 4 is 22.1 Å². The predicted octanol–water partition coefficient (Wildman–Crippen LogP) is -0.398.